The molecule has 0 N–H and O–H groups in total. The van der Waals surface area contributed by atoms with Crippen LogP contribution in [0.1, 0.15) is 60.5 Å². The van der Waals surface area contributed by atoms with Crippen LogP contribution in [0.25, 0.3) is 0 Å². The molecule has 6 rings (SSSR count). The number of anilines is 3. The second-order valence-electron chi connectivity index (χ2n) is 12.3. The van der Waals surface area contributed by atoms with Crippen molar-refractivity contribution in [3.8, 4) is 0 Å². The maximum atomic E-state index is 14.0. The van der Waals surface area contributed by atoms with Crippen molar-refractivity contribution in [2.45, 2.75) is 71.4 Å². The number of hydrogen-bond donors (Lipinski definition) is 0. The highest BCUT2D eigenvalue weighted by Gasteiger charge is 2.54. The van der Waals surface area contributed by atoms with Gasteiger partial charge in [-0.15, -0.1) is 0 Å². The minimum atomic E-state index is -4.63. The monoisotopic (exact) mass is 678 g/mol. The van der Waals surface area contributed by atoms with E-state index in [2.05, 4.69) is 11.6 Å². The number of fused-ring (bicyclic) bond motifs is 2. The smallest absolute Gasteiger partial charge is 0.376 e. The summed E-state index contributed by atoms with van der Waals surface area (Å²) in [7, 11) is 3.48. The number of hydrogen-bond acceptors (Lipinski definition) is 7. The van der Waals surface area contributed by atoms with Crippen LogP contribution in [0.4, 0.5) is 30.4 Å². The molecular weight excluding hydrogens is 637 g/mol. The molecule has 10 nitrogen and oxygen atoms in total. The molecular formula is C36H41F3N6O4. The van der Waals surface area contributed by atoms with Crippen molar-refractivity contribution >= 4 is 34.9 Å². The predicted molar refractivity (Wildman–Crippen MR) is 180 cm³/mol. The molecule has 3 amide bonds. The van der Waals surface area contributed by atoms with Crippen molar-refractivity contribution in [1.29, 1.82) is 0 Å². The number of amides is 3. The summed E-state index contributed by atoms with van der Waals surface area (Å²) in [5.41, 5.74) is 3.26. The number of carbonyl (C=O) groups excluding carboxylic acids is 3. The van der Waals surface area contributed by atoms with Crippen LogP contribution in [0.3, 0.4) is 0 Å². The van der Waals surface area contributed by atoms with Gasteiger partial charge in [-0.1, -0.05) is 38.6 Å². The number of aromatic nitrogens is 2. The predicted octanol–water partition coefficient (Wildman–Crippen LogP) is 5.69. The van der Waals surface area contributed by atoms with Crippen LogP contribution >= 0.6 is 0 Å². The van der Waals surface area contributed by atoms with E-state index in [-0.39, 0.29) is 30.3 Å². The van der Waals surface area contributed by atoms with E-state index in [9.17, 15) is 27.6 Å². The largest absolute Gasteiger partial charge is 0.416 e. The molecule has 1 atom stereocenters. The van der Waals surface area contributed by atoms with E-state index in [4.69, 9.17) is 9.72 Å². The van der Waals surface area contributed by atoms with Gasteiger partial charge in [0.15, 0.2) is 0 Å². The summed E-state index contributed by atoms with van der Waals surface area (Å²) in [5, 5.41) is 0. The fourth-order valence-electron chi connectivity index (χ4n) is 6.80. The second-order valence-corrected chi connectivity index (χ2v) is 12.3. The zero-order valence-electron chi connectivity index (χ0n) is 28.6. The van der Waals surface area contributed by atoms with Gasteiger partial charge in [-0.3, -0.25) is 24.3 Å². The summed E-state index contributed by atoms with van der Waals surface area (Å²) in [5.74, 6) is -1.28. The molecule has 0 aliphatic carbocycles. The van der Waals surface area contributed by atoms with E-state index in [1.165, 1.54) is 17.9 Å². The first-order valence-electron chi connectivity index (χ1n) is 16.2. The lowest BCUT2D eigenvalue weighted by atomic mass is 9.92. The quantitative estimate of drug-likeness (QED) is 0.297. The summed E-state index contributed by atoms with van der Waals surface area (Å²) in [6, 6.07) is 10.1. The molecule has 1 unspecified atom stereocenters. The molecule has 3 aromatic rings. The van der Waals surface area contributed by atoms with Gasteiger partial charge in [0.2, 0.25) is 17.7 Å². The Hall–Kier alpha value is -4.78. The number of ether oxygens (including phenoxy) is 1. The van der Waals surface area contributed by atoms with Gasteiger partial charge in [-0.05, 0) is 61.7 Å². The fourth-order valence-corrected chi connectivity index (χ4v) is 6.80. The lowest BCUT2D eigenvalue weighted by molar-refractivity contribution is -0.164. The molecule has 0 bridgehead atoms. The molecule has 0 saturated carbocycles. The van der Waals surface area contributed by atoms with E-state index < -0.39 is 35.1 Å². The standard InChI is InChI=1S/C34H35F3N6O4.C2H6/c1-6-28(44)42-16-22-10-11-24(39-31(22)33(42)18-47-19-33)17-40(4)30-20(2)8-7-9-25(30)41(5)32(46)26-12-13-29(45)43(26)27-15-23(34(35,36)37)14-21(3)38-27;1-2/h6-11,14-15,26H,1,12-13,16-19H2,2-5H3;1-2H3. The number of alkyl halides is 3. The van der Waals surface area contributed by atoms with Crippen molar-refractivity contribution in [3.05, 3.63) is 88.9 Å². The maximum Gasteiger partial charge on any atom is 0.416 e. The van der Waals surface area contributed by atoms with Crippen LogP contribution < -0.4 is 14.7 Å². The van der Waals surface area contributed by atoms with E-state index >= 15 is 0 Å². The number of aryl methyl sites for hydroxylation is 2. The molecule has 3 aliphatic heterocycles. The third kappa shape index (κ3) is 6.39. The molecule has 2 fully saturated rings. The topological polar surface area (TPSA) is 99.2 Å². The Labute approximate surface area is 284 Å². The van der Waals surface area contributed by atoms with E-state index in [0.717, 1.165) is 45.2 Å². The second kappa shape index (κ2) is 13.6. The van der Waals surface area contributed by atoms with E-state index in [1.54, 1.807) is 18.0 Å². The third-order valence-corrected chi connectivity index (χ3v) is 9.15. The zero-order chi connectivity index (χ0) is 35.8. The van der Waals surface area contributed by atoms with Crippen LogP contribution in [-0.2, 0) is 43.9 Å². The molecule has 3 aliphatic rings. The van der Waals surface area contributed by atoms with Crippen LogP contribution in [0, 0.1) is 13.8 Å². The Morgan fingerprint density at radius 2 is 1.82 bits per heavy atom. The minimum absolute atomic E-state index is 0.00809. The van der Waals surface area contributed by atoms with Gasteiger partial charge >= 0.3 is 6.18 Å². The summed E-state index contributed by atoms with van der Waals surface area (Å²) in [6.45, 7) is 12.5. The summed E-state index contributed by atoms with van der Waals surface area (Å²) in [4.78, 5) is 55.1. The van der Waals surface area contributed by atoms with Gasteiger partial charge in [-0.25, -0.2) is 4.98 Å². The number of rotatable bonds is 7. The normalized spacial score (nSPS) is 17.7. The Kier molecular flexibility index (Phi) is 9.87. The molecule has 0 radical (unpaired) electrons. The average molecular weight is 679 g/mol. The van der Waals surface area contributed by atoms with Crippen molar-refractivity contribution < 1.29 is 32.3 Å². The van der Waals surface area contributed by atoms with Gasteiger partial charge in [0.1, 0.15) is 17.4 Å². The molecule has 1 spiro atoms. The van der Waals surface area contributed by atoms with Gasteiger partial charge in [0, 0.05) is 32.8 Å². The Bertz CT molecular complexity index is 1790. The van der Waals surface area contributed by atoms with Gasteiger partial charge in [0.25, 0.3) is 0 Å². The lowest BCUT2D eigenvalue weighted by Crippen LogP contribution is -2.57. The number of likely N-dealkylation sites (N-methyl/N-ethyl adjacent to an activating group) is 1. The summed E-state index contributed by atoms with van der Waals surface area (Å²) < 4.78 is 46.3. The number of para-hydroxylation sites is 1. The van der Waals surface area contributed by atoms with Crippen LogP contribution in [-0.4, -0.2) is 65.9 Å². The Morgan fingerprint density at radius 1 is 1.10 bits per heavy atom. The van der Waals surface area contributed by atoms with Gasteiger partial charge in [-0.2, -0.15) is 13.2 Å². The number of nitrogens with zero attached hydrogens (tertiary/aromatic N) is 6. The number of benzene rings is 1. The highest BCUT2D eigenvalue weighted by atomic mass is 19.4. The highest BCUT2D eigenvalue weighted by molar-refractivity contribution is 6.09. The first-order chi connectivity index (χ1) is 23.2. The zero-order valence-corrected chi connectivity index (χ0v) is 28.6. The molecule has 5 heterocycles. The number of halogens is 3. The Balaban J connectivity index is 0.00000230. The molecule has 260 valence electrons. The number of pyridine rings is 2. The molecule has 1 aromatic carbocycles. The highest BCUT2D eigenvalue weighted by Crippen LogP contribution is 2.44. The number of carbonyl (C=O) groups is 3. The summed E-state index contributed by atoms with van der Waals surface area (Å²) in [6.07, 6.45) is -3.18. The van der Waals surface area contributed by atoms with Crippen molar-refractivity contribution in [1.82, 2.24) is 14.9 Å². The minimum Gasteiger partial charge on any atom is -0.376 e. The maximum absolute atomic E-state index is 14.0. The lowest BCUT2D eigenvalue weighted by Gasteiger charge is -2.44. The third-order valence-electron chi connectivity index (χ3n) is 9.15. The van der Waals surface area contributed by atoms with Crippen molar-refractivity contribution in [2.24, 2.45) is 0 Å². The first kappa shape index (κ1) is 35.5. The first-order valence-corrected chi connectivity index (χ1v) is 16.2. The SMILES string of the molecule is C=CC(=O)N1Cc2ccc(CN(C)c3c(C)cccc3N(C)C(=O)C3CCC(=O)N3c3cc(C(F)(F)F)cc(C)n3)nc2C12COC2.CC. The van der Waals surface area contributed by atoms with E-state index in [0.29, 0.717) is 32.0 Å². The fraction of sp³-hybridized carbons (Fsp3) is 0.417. The summed E-state index contributed by atoms with van der Waals surface area (Å²) >= 11 is 0. The molecule has 2 aromatic heterocycles. The molecule has 49 heavy (non-hydrogen) atoms. The van der Waals surface area contributed by atoms with Crippen LogP contribution in [0.2, 0.25) is 0 Å². The van der Waals surface area contributed by atoms with Gasteiger partial charge in [0.05, 0.1) is 48.1 Å². The van der Waals surface area contributed by atoms with Crippen molar-refractivity contribution in [2.75, 3.05) is 42.0 Å². The Morgan fingerprint density at radius 3 is 2.45 bits per heavy atom. The average Bonchev–Trinajstić information content (AvgIpc) is 3.61. The molecule has 13 heteroatoms. The van der Waals surface area contributed by atoms with Crippen LogP contribution in [0.5, 0.6) is 0 Å². The molecule has 2 saturated heterocycles. The van der Waals surface area contributed by atoms with E-state index in [1.807, 2.05) is 57.0 Å². The van der Waals surface area contributed by atoms with Crippen LogP contribution in [0.15, 0.2) is 55.1 Å². The van der Waals surface area contributed by atoms with Crippen molar-refractivity contribution in [3.63, 3.8) is 0 Å². The van der Waals surface area contributed by atoms with Gasteiger partial charge < -0.3 is 19.4 Å².